The maximum absolute atomic E-state index is 13.0. The minimum absolute atomic E-state index is 0.0419. The molecule has 0 spiro atoms. The third-order valence-electron chi connectivity index (χ3n) is 2.54. The van der Waals surface area contributed by atoms with Crippen molar-refractivity contribution in [3.8, 4) is 0 Å². The van der Waals surface area contributed by atoms with Gasteiger partial charge < -0.3 is 5.32 Å². The maximum atomic E-state index is 13.0. The summed E-state index contributed by atoms with van der Waals surface area (Å²) in [4.78, 5) is 8.04. The fraction of sp³-hybridized carbons (Fsp3) is 0.231. The molecule has 1 N–H and O–H groups in total. The van der Waals surface area contributed by atoms with Crippen LogP contribution in [0.2, 0.25) is 0 Å². The topological polar surface area (TPSA) is 37.8 Å². The smallest absolute Gasteiger partial charge is 0.141 e. The van der Waals surface area contributed by atoms with E-state index in [0.717, 1.165) is 11.3 Å². The largest absolute Gasteiger partial charge is 0.305 e. The van der Waals surface area contributed by atoms with Crippen LogP contribution in [0.4, 0.5) is 4.39 Å². The first-order chi connectivity index (χ1) is 8.25. The number of aromatic nitrogens is 2. The summed E-state index contributed by atoms with van der Waals surface area (Å²) in [6.45, 7) is 2.62. The molecule has 88 valence electrons. The molecule has 3 nitrogen and oxygen atoms in total. The van der Waals surface area contributed by atoms with Crippen LogP contribution in [0.3, 0.4) is 0 Å². The number of halogens is 1. The van der Waals surface area contributed by atoms with E-state index in [4.69, 9.17) is 0 Å². The lowest BCUT2D eigenvalue weighted by molar-refractivity contribution is 0.555. The number of rotatable bonds is 4. The molecule has 0 saturated carbocycles. The van der Waals surface area contributed by atoms with Crippen LogP contribution in [0.25, 0.3) is 0 Å². The molecular formula is C13H14FN3. The summed E-state index contributed by atoms with van der Waals surface area (Å²) in [7, 11) is 0. The second-order valence-corrected chi connectivity index (χ2v) is 3.86. The average Bonchev–Trinajstić information content (AvgIpc) is 2.37. The zero-order valence-corrected chi connectivity index (χ0v) is 9.60. The molecule has 17 heavy (non-hydrogen) atoms. The molecule has 2 rings (SSSR count). The van der Waals surface area contributed by atoms with Crippen LogP contribution in [-0.2, 0) is 6.54 Å². The maximum Gasteiger partial charge on any atom is 0.141 e. The van der Waals surface area contributed by atoms with Gasteiger partial charge in [0.25, 0.3) is 0 Å². The fourth-order valence-electron chi connectivity index (χ4n) is 1.54. The third kappa shape index (κ3) is 3.32. The van der Waals surface area contributed by atoms with Gasteiger partial charge in [0, 0.05) is 25.0 Å². The van der Waals surface area contributed by atoms with E-state index >= 15 is 0 Å². The molecule has 2 aromatic rings. The van der Waals surface area contributed by atoms with Gasteiger partial charge in [0.2, 0.25) is 0 Å². The summed E-state index contributed by atoms with van der Waals surface area (Å²) in [5.41, 5.74) is 1.80. The van der Waals surface area contributed by atoms with Crippen LogP contribution < -0.4 is 5.32 Å². The number of hydrogen-bond donors (Lipinski definition) is 1. The molecule has 0 amide bonds. The average molecular weight is 231 g/mol. The quantitative estimate of drug-likeness (QED) is 0.878. The second-order valence-electron chi connectivity index (χ2n) is 3.86. The van der Waals surface area contributed by atoms with E-state index in [-0.39, 0.29) is 11.9 Å². The molecule has 0 radical (unpaired) electrons. The number of hydrogen-bond acceptors (Lipinski definition) is 3. The highest BCUT2D eigenvalue weighted by atomic mass is 19.1. The van der Waals surface area contributed by atoms with Crippen molar-refractivity contribution in [3.05, 3.63) is 59.9 Å². The van der Waals surface area contributed by atoms with Gasteiger partial charge in [0.05, 0.1) is 11.9 Å². The molecule has 2 heterocycles. The Balaban J connectivity index is 1.96. The number of nitrogens with one attached hydrogen (secondary N) is 1. The van der Waals surface area contributed by atoms with Gasteiger partial charge in [-0.05, 0) is 30.7 Å². The lowest BCUT2D eigenvalue weighted by Gasteiger charge is -2.13. The molecule has 0 aliphatic rings. The highest BCUT2D eigenvalue weighted by Crippen LogP contribution is 2.12. The molecule has 4 heteroatoms. The van der Waals surface area contributed by atoms with Crippen LogP contribution in [0.15, 0.2) is 42.9 Å². The van der Waals surface area contributed by atoms with Gasteiger partial charge in [-0.3, -0.25) is 9.97 Å². The molecule has 2 aromatic heterocycles. The third-order valence-corrected chi connectivity index (χ3v) is 2.54. The monoisotopic (exact) mass is 231 g/mol. The van der Waals surface area contributed by atoms with Crippen molar-refractivity contribution in [2.45, 2.75) is 19.5 Å². The second kappa shape index (κ2) is 5.50. The lowest BCUT2D eigenvalue weighted by atomic mass is 10.1. The zero-order valence-electron chi connectivity index (χ0n) is 9.60. The summed E-state index contributed by atoms with van der Waals surface area (Å²) in [5, 5.41) is 3.27. The molecule has 1 atom stereocenters. The Kier molecular flexibility index (Phi) is 3.77. The number of pyridine rings is 2. The summed E-state index contributed by atoms with van der Waals surface area (Å²) < 4.78 is 13.0. The van der Waals surface area contributed by atoms with Crippen LogP contribution in [0.5, 0.6) is 0 Å². The first-order valence-corrected chi connectivity index (χ1v) is 5.49. The van der Waals surface area contributed by atoms with Gasteiger partial charge in [0.1, 0.15) is 5.82 Å². The molecule has 0 bridgehead atoms. The van der Waals surface area contributed by atoms with E-state index in [1.165, 1.54) is 12.3 Å². The molecule has 0 fully saturated rings. The summed E-state index contributed by atoms with van der Waals surface area (Å²) in [5.74, 6) is -0.311. The predicted molar refractivity (Wildman–Crippen MR) is 63.7 cm³/mol. The minimum atomic E-state index is -0.311. The molecule has 0 aromatic carbocycles. The van der Waals surface area contributed by atoms with Crippen LogP contribution in [0.1, 0.15) is 24.2 Å². The molecule has 0 saturated heterocycles. The Labute approximate surface area is 99.7 Å². The minimum Gasteiger partial charge on any atom is -0.305 e. The SMILES string of the molecule is CC(NCc1ccccn1)c1cncc(F)c1. The van der Waals surface area contributed by atoms with Gasteiger partial charge in [-0.15, -0.1) is 0 Å². The highest BCUT2D eigenvalue weighted by Gasteiger charge is 2.06. The summed E-state index contributed by atoms with van der Waals surface area (Å²) >= 11 is 0. The van der Waals surface area contributed by atoms with Gasteiger partial charge in [-0.25, -0.2) is 4.39 Å². The van der Waals surface area contributed by atoms with Crippen molar-refractivity contribution < 1.29 is 4.39 Å². The van der Waals surface area contributed by atoms with Crippen LogP contribution in [0, 0.1) is 5.82 Å². The van der Waals surface area contributed by atoms with Crippen molar-refractivity contribution in [1.82, 2.24) is 15.3 Å². The zero-order chi connectivity index (χ0) is 12.1. The van der Waals surface area contributed by atoms with Crippen LogP contribution >= 0.6 is 0 Å². The van der Waals surface area contributed by atoms with E-state index in [1.54, 1.807) is 12.4 Å². The summed E-state index contributed by atoms with van der Waals surface area (Å²) in [6, 6.07) is 7.30. The Bertz CT molecular complexity index is 473. The van der Waals surface area contributed by atoms with E-state index in [2.05, 4.69) is 15.3 Å². The first-order valence-electron chi connectivity index (χ1n) is 5.49. The Hall–Kier alpha value is -1.81. The Morgan fingerprint density at radius 2 is 2.24 bits per heavy atom. The van der Waals surface area contributed by atoms with Crippen LogP contribution in [-0.4, -0.2) is 9.97 Å². The standard InChI is InChI=1S/C13H14FN3/c1-10(11-6-12(14)8-15-7-11)17-9-13-4-2-3-5-16-13/h2-8,10,17H,9H2,1H3. The Morgan fingerprint density at radius 3 is 2.94 bits per heavy atom. The predicted octanol–water partition coefficient (Wildman–Crippen LogP) is 2.47. The van der Waals surface area contributed by atoms with E-state index in [9.17, 15) is 4.39 Å². The van der Waals surface area contributed by atoms with Crippen molar-refractivity contribution in [1.29, 1.82) is 0 Å². The summed E-state index contributed by atoms with van der Waals surface area (Å²) in [6.07, 6.45) is 4.62. The first kappa shape index (κ1) is 11.7. The van der Waals surface area contributed by atoms with Crippen molar-refractivity contribution in [2.75, 3.05) is 0 Å². The lowest BCUT2D eigenvalue weighted by Crippen LogP contribution is -2.18. The molecule has 0 aliphatic carbocycles. The normalized spacial score (nSPS) is 12.4. The van der Waals surface area contributed by atoms with Gasteiger partial charge in [-0.1, -0.05) is 6.07 Å². The Morgan fingerprint density at radius 1 is 1.35 bits per heavy atom. The van der Waals surface area contributed by atoms with E-state index in [1.807, 2.05) is 25.1 Å². The van der Waals surface area contributed by atoms with Crippen molar-refractivity contribution in [2.24, 2.45) is 0 Å². The molecule has 1 unspecified atom stereocenters. The van der Waals surface area contributed by atoms with Crippen molar-refractivity contribution >= 4 is 0 Å². The van der Waals surface area contributed by atoms with E-state index < -0.39 is 0 Å². The highest BCUT2D eigenvalue weighted by molar-refractivity contribution is 5.14. The van der Waals surface area contributed by atoms with E-state index in [0.29, 0.717) is 6.54 Å². The van der Waals surface area contributed by atoms with Crippen molar-refractivity contribution in [3.63, 3.8) is 0 Å². The molecule has 0 aliphatic heterocycles. The van der Waals surface area contributed by atoms with Gasteiger partial charge in [0.15, 0.2) is 0 Å². The van der Waals surface area contributed by atoms with Gasteiger partial charge >= 0.3 is 0 Å². The number of nitrogens with zero attached hydrogens (tertiary/aromatic N) is 2. The molecular weight excluding hydrogens is 217 g/mol. The fourth-order valence-corrected chi connectivity index (χ4v) is 1.54. The van der Waals surface area contributed by atoms with Gasteiger partial charge in [-0.2, -0.15) is 0 Å².